The van der Waals surface area contributed by atoms with E-state index in [1.807, 2.05) is 19.9 Å². The molecule has 136 valence electrons. The van der Waals surface area contributed by atoms with E-state index in [1.165, 1.54) is 16.5 Å². The average molecular weight is 344 g/mol. The largest absolute Gasteiger partial charge is 0.497 e. The maximum absolute atomic E-state index is 10.1. The van der Waals surface area contributed by atoms with Crippen LogP contribution in [0.1, 0.15) is 25.8 Å². The first-order chi connectivity index (χ1) is 12.1. The van der Waals surface area contributed by atoms with E-state index in [1.54, 1.807) is 7.11 Å². The molecule has 25 heavy (non-hydrogen) atoms. The fourth-order valence-corrected chi connectivity index (χ4v) is 3.27. The van der Waals surface area contributed by atoms with E-state index in [4.69, 9.17) is 9.47 Å². The second-order valence-corrected chi connectivity index (χ2v) is 6.89. The van der Waals surface area contributed by atoms with Crippen LogP contribution in [0.25, 0.3) is 16.5 Å². The highest BCUT2D eigenvalue weighted by molar-refractivity contribution is 5.93. The van der Waals surface area contributed by atoms with Crippen molar-refractivity contribution in [1.29, 1.82) is 0 Å². The summed E-state index contributed by atoms with van der Waals surface area (Å²) in [6.45, 7) is 6.81. The summed E-state index contributed by atoms with van der Waals surface area (Å²) in [5.74, 6) is 0.875. The number of aliphatic hydroxyl groups is 1. The van der Waals surface area contributed by atoms with Crippen LogP contribution in [0.15, 0.2) is 30.5 Å². The van der Waals surface area contributed by atoms with Crippen LogP contribution in [0.4, 0.5) is 0 Å². The van der Waals surface area contributed by atoms with Gasteiger partial charge in [-0.2, -0.15) is 0 Å². The molecule has 0 saturated heterocycles. The molecule has 3 rings (SSSR count). The topological polar surface area (TPSA) is 57.7 Å². The molecule has 0 spiro atoms. The Labute approximate surface area is 149 Å². The summed E-state index contributed by atoms with van der Waals surface area (Å²) in [4.78, 5) is 5.61. The van der Waals surface area contributed by atoms with Crippen LogP contribution in [-0.4, -0.2) is 60.5 Å². The molecule has 2 aromatic rings. The van der Waals surface area contributed by atoms with Gasteiger partial charge >= 0.3 is 0 Å². The maximum Gasteiger partial charge on any atom is 0.119 e. The molecule has 5 nitrogen and oxygen atoms in total. The molecule has 0 radical (unpaired) electrons. The monoisotopic (exact) mass is 344 g/mol. The van der Waals surface area contributed by atoms with Crippen LogP contribution >= 0.6 is 0 Å². The highest BCUT2D eigenvalue weighted by Crippen LogP contribution is 2.31. The van der Waals surface area contributed by atoms with Gasteiger partial charge in [-0.05, 0) is 44.0 Å². The SMILES string of the molecule is COc1ccc2[nH]cc(C3=CCN(CC(O)COC(C)C)CC3)c2c1. The molecule has 1 atom stereocenters. The first-order valence-corrected chi connectivity index (χ1v) is 8.93. The molecule has 1 unspecified atom stereocenters. The second kappa shape index (κ2) is 8.04. The third-order valence-corrected chi connectivity index (χ3v) is 4.62. The fourth-order valence-electron chi connectivity index (χ4n) is 3.27. The van der Waals surface area contributed by atoms with Gasteiger partial charge in [0, 0.05) is 42.3 Å². The number of nitrogens with zero attached hydrogens (tertiary/aromatic N) is 1. The molecule has 1 aliphatic rings. The molecule has 2 heterocycles. The van der Waals surface area contributed by atoms with Gasteiger partial charge in [0.1, 0.15) is 5.75 Å². The molecule has 0 amide bonds. The number of rotatable bonds is 7. The Morgan fingerprint density at radius 3 is 2.84 bits per heavy atom. The van der Waals surface area contributed by atoms with Gasteiger partial charge in [0.2, 0.25) is 0 Å². The molecule has 1 aromatic heterocycles. The lowest BCUT2D eigenvalue weighted by Crippen LogP contribution is -2.37. The van der Waals surface area contributed by atoms with Crippen molar-refractivity contribution >= 4 is 16.5 Å². The molecular formula is C20H28N2O3. The number of nitrogens with one attached hydrogen (secondary N) is 1. The minimum Gasteiger partial charge on any atom is -0.497 e. The van der Waals surface area contributed by atoms with Gasteiger partial charge in [0.15, 0.2) is 0 Å². The van der Waals surface area contributed by atoms with Crippen molar-refractivity contribution in [2.24, 2.45) is 0 Å². The van der Waals surface area contributed by atoms with E-state index < -0.39 is 6.10 Å². The Hall–Kier alpha value is -1.82. The third kappa shape index (κ3) is 4.42. The van der Waals surface area contributed by atoms with E-state index in [0.29, 0.717) is 13.2 Å². The highest BCUT2D eigenvalue weighted by atomic mass is 16.5. The van der Waals surface area contributed by atoms with Gasteiger partial charge < -0.3 is 19.6 Å². The predicted octanol–water partition coefficient (Wildman–Crippen LogP) is 3.05. The summed E-state index contributed by atoms with van der Waals surface area (Å²) in [7, 11) is 1.69. The zero-order valence-electron chi connectivity index (χ0n) is 15.3. The fraction of sp³-hybridized carbons (Fsp3) is 0.500. The van der Waals surface area contributed by atoms with Crippen LogP contribution in [-0.2, 0) is 4.74 Å². The van der Waals surface area contributed by atoms with Gasteiger partial charge in [-0.15, -0.1) is 0 Å². The molecular weight excluding hydrogens is 316 g/mol. The number of β-amino-alcohol motifs (C(OH)–C–C–N with tert-alkyl or cyclic N) is 1. The maximum atomic E-state index is 10.1. The molecule has 5 heteroatoms. The van der Waals surface area contributed by atoms with E-state index >= 15 is 0 Å². The second-order valence-electron chi connectivity index (χ2n) is 6.89. The van der Waals surface area contributed by atoms with E-state index in [9.17, 15) is 5.11 Å². The van der Waals surface area contributed by atoms with E-state index in [2.05, 4.69) is 34.3 Å². The Balaban J connectivity index is 1.65. The lowest BCUT2D eigenvalue weighted by molar-refractivity contribution is -0.00723. The summed E-state index contributed by atoms with van der Waals surface area (Å²) >= 11 is 0. The number of benzene rings is 1. The van der Waals surface area contributed by atoms with Crippen molar-refractivity contribution in [3.8, 4) is 5.75 Å². The van der Waals surface area contributed by atoms with E-state index in [-0.39, 0.29) is 6.10 Å². The van der Waals surface area contributed by atoms with Gasteiger partial charge in [-0.1, -0.05) is 6.08 Å². The lowest BCUT2D eigenvalue weighted by Gasteiger charge is -2.28. The Bertz CT molecular complexity index is 736. The first-order valence-electron chi connectivity index (χ1n) is 8.93. The molecule has 0 saturated carbocycles. The number of fused-ring (bicyclic) bond motifs is 1. The van der Waals surface area contributed by atoms with Crippen LogP contribution < -0.4 is 4.74 Å². The van der Waals surface area contributed by atoms with Crippen molar-refractivity contribution in [3.05, 3.63) is 36.0 Å². The Kier molecular flexibility index (Phi) is 5.78. The molecule has 0 bridgehead atoms. The standard InChI is InChI=1S/C20H28N2O3/c1-14(2)25-13-16(23)12-22-8-6-15(7-9-22)19-11-21-20-5-4-17(24-3)10-18(19)20/h4-6,10-11,14,16,21,23H,7-9,12-13H2,1-3H3. The van der Waals surface area contributed by atoms with Crippen molar-refractivity contribution < 1.29 is 14.6 Å². The summed E-state index contributed by atoms with van der Waals surface area (Å²) in [5.41, 5.74) is 3.72. The highest BCUT2D eigenvalue weighted by Gasteiger charge is 2.18. The molecule has 0 aliphatic carbocycles. The normalized spacial score (nSPS) is 17.1. The summed E-state index contributed by atoms with van der Waals surface area (Å²) in [6.07, 6.45) is 5.04. The quantitative estimate of drug-likeness (QED) is 0.810. The lowest BCUT2D eigenvalue weighted by atomic mass is 9.98. The summed E-state index contributed by atoms with van der Waals surface area (Å²) in [6, 6.07) is 6.11. The number of H-pyrrole nitrogens is 1. The van der Waals surface area contributed by atoms with Gasteiger partial charge in [-0.25, -0.2) is 0 Å². The van der Waals surface area contributed by atoms with Crippen molar-refractivity contribution in [2.45, 2.75) is 32.5 Å². The average Bonchev–Trinajstić information content (AvgIpc) is 3.03. The van der Waals surface area contributed by atoms with E-state index in [0.717, 1.165) is 30.8 Å². The number of hydrogen-bond donors (Lipinski definition) is 2. The van der Waals surface area contributed by atoms with Crippen molar-refractivity contribution in [3.63, 3.8) is 0 Å². The summed E-state index contributed by atoms with van der Waals surface area (Å²) in [5, 5.41) is 11.3. The zero-order valence-corrected chi connectivity index (χ0v) is 15.3. The molecule has 2 N–H and O–H groups in total. The van der Waals surface area contributed by atoms with Crippen LogP contribution in [0, 0.1) is 0 Å². The third-order valence-electron chi connectivity index (χ3n) is 4.62. The summed E-state index contributed by atoms with van der Waals surface area (Å²) < 4.78 is 10.8. The van der Waals surface area contributed by atoms with Crippen LogP contribution in [0.2, 0.25) is 0 Å². The van der Waals surface area contributed by atoms with Gasteiger partial charge in [-0.3, -0.25) is 4.90 Å². The van der Waals surface area contributed by atoms with Crippen LogP contribution in [0.5, 0.6) is 5.75 Å². The predicted molar refractivity (Wildman–Crippen MR) is 101 cm³/mol. The van der Waals surface area contributed by atoms with Crippen LogP contribution in [0.3, 0.4) is 0 Å². The number of methoxy groups -OCH3 is 1. The molecule has 0 fully saturated rings. The first kappa shape index (κ1) is 18.0. The number of aromatic nitrogens is 1. The minimum absolute atomic E-state index is 0.154. The Morgan fingerprint density at radius 1 is 1.32 bits per heavy atom. The minimum atomic E-state index is -0.435. The smallest absolute Gasteiger partial charge is 0.119 e. The van der Waals surface area contributed by atoms with Gasteiger partial charge in [0.05, 0.1) is 25.9 Å². The Morgan fingerprint density at radius 2 is 2.16 bits per heavy atom. The number of hydrogen-bond acceptors (Lipinski definition) is 4. The van der Waals surface area contributed by atoms with Crippen molar-refractivity contribution in [1.82, 2.24) is 9.88 Å². The number of ether oxygens (including phenoxy) is 2. The molecule has 1 aliphatic heterocycles. The number of aromatic amines is 1. The number of aliphatic hydroxyl groups excluding tert-OH is 1. The van der Waals surface area contributed by atoms with Gasteiger partial charge in [0.25, 0.3) is 0 Å². The molecule has 1 aromatic carbocycles. The van der Waals surface area contributed by atoms with Crippen molar-refractivity contribution in [2.75, 3.05) is 33.4 Å². The zero-order chi connectivity index (χ0) is 17.8.